The highest BCUT2D eigenvalue weighted by atomic mass is 32.2. The van der Waals surface area contributed by atoms with Gasteiger partial charge in [-0.2, -0.15) is 0 Å². The Hall–Kier alpha value is -2.02. The molecule has 1 aromatic rings. The maximum absolute atomic E-state index is 12.9. The van der Waals surface area contributed by atoms with E-state index in [9.17, 15) is 14.4 Å². The second-order valence-corrected chi connectivity index (χ2v) is 9.93. The molecule has 9 nitrogen and oxygen atoms in total. The fraction of sp³-hybridized carbons (Fsp3) is 0.474. The van der Waals surface area contributed by atoms with Crippen LogP contribution in [0.25, 0.3) is 6.08 Å². The molecule has 0 aromatic carbocycles. The molecule has 0 saturated carbocycles. The maximum atomic E-state index is 12.9. The molecule has 1 fully saturated rings. The van der Waals surface area contributed by atoms with E-state index in [1.165, 1.54) is 46.7 Å². The fourth-order valence-corrected chi connectivity index (χ4v) is 5.86. The van der Waals surface area contributed by atoms with Gasteiger partial charge in [0.2, 0.25) is 12.2 Å². The summed E-state index contributed by atoms with van der Waals surface area (Å²) < 4.78 is 15.1. The van der Waals surface area contributed by atoms with E-state index in [0.717, 1.165) is 10.6 Å². The number of hydrogen-bond acceptors (Lipinski definition) is 11. The number of carbonyl (C=O) groups excluding carboxylic acids is 3. The van der Waals surface area contributed by atoms with Crippen LogP contribution in [0.4, 0.5) is 4.79 Å². The molecule has 0 radical (unpaired) electrons. The Labute approximate surface area is 192 Å². The number of rotatable bonds is 7. The average molecular weight is 486 g/mol. The van der Waals surface area contributed by atoms with E-state index in [-0.39, 0.29) is 23.1 Å². The molecule has 3 heterocycles. The number of carbonyl (C=O) groups is 3. The number of thioether (sulfide) groups is 2. The molecule has 1 aromatic heterocycles. The summed E-state index contributed by atoms with van der Waals surface area (Å²) in [6.07, 6.45) is -0.597. The van der Waals surface area contributed by atoms with Gasteiger partial charge in [-0.3, -0.25) is 9.69 Å². The van der Waals surface area contributed by atoms with Crippen LogP contribution in [0.1, 0.15) is 31.3 Å². The van der Waals surface area contributed by atoms with Crippen molar-refractivity contribution in [3.05, 3.63) is 32.1 Å². The second-order valence-electron chi connectivity index (χ2n) is 6.94. The van der Waals surface area contributed by atoms with Gasteiger partial charge in [0.05, 0.1) is 22.2 Å². The number of aromatic nitrogens is 1. The first-order valence-corrected chi connectivity index (χ1v) is 12.2. The summed E-state index contributed by atoms with van der Waals surface area (Å²) >= 11 is 4.32. The van der Waals surface area contributed by atoms with Gasteiger partial charge in [-0.05, 0) is 32.3 Å². The molecule has 2 aliphatic heterocycles. The first-order chi connectivity index (χ1) is 14.7. The summed E-state index contributed by atoms with van der Waals surface area (Å²) in [7, 11) is 0. The van der Waals surface area contributed by atoms with Crippen molar-refractivity contribution >= 4 is 59.0 Å². The van der Waals surface area contributed by atoms with Gasteiger partial charge >= 0.3 is 12.1 Å². The highest BCUT2D eigenvalue weighted by molar-refractivity contribution is 8.08. The largest absolute Gasteiger partial charge is 0.511 e. The van der Waals surface area contributed by atoms with Gasteiger partial charge in [-0.1, -0.05) is 11.8 Å². The first kappa shape index (κ1) is 23.6. The van der Waals surface area contributed by atoms with Crippen molar-refractivity contribution in [1.29, 1.82) is 0 Å². The minimum atomic E-state index is -1.19. The lowest BCUT2D eigenvalue weighted by atomic mass is 10.1. The number of amides is 1. The fourth-order valence-electron chi connectivity index (χ4n) is 2.80. The third kappa shape index (κ3) is 5.43. The van der Waals surface area contributed by atoms with Crippen molar-refractivity contribution < 1.29 is 28.6 Å². The molecule has 1 unspecified atom stereocenters. The molecule has 0 aliphatic carbocycles. The van der Waals surface area contributed by atoms with Crippen molar-refractivity contribution in [2.24, 2.45) is 5.73 Å². The highest BCUT2D eigenvalue weighted by Gasteiger charge is 2.52. The van der Waals surface area contributed by atoms with Crippen LogP contribution in [0.3, 0.4) is 0 Å². The normalized spacial score (nSPS) is 21.7. The summed E-state index contributed by atoms with van der Waals surface area (Å²) in [6, 6.07) is -0.663. The Kier molecular flexibility index (Phi) is 7.68. The van der Waals surface area contributed by atoms with E-state index in [1.54, 1.807) is 19.4 Å². The van der Waals surface area contributed by atoms with Crippen molar-refractivity contribution in [3.63, 3.8) is 0 Å². The number of thiazole rings is 1. The zero-order valence-corrected chi connectivity index (χ0v) is 19.8. The van der Waals surface area contributed by atoms with Crippen LogP contribution >= 0.6 is 34.9 Å². The summed E-state index contributed by atoms with van der Waals surface area (Å²) in [6.45, 7) is 6.66. The Morgan fingerprint density at radius 2 is 2.06 bits per heavy atom. The molecular formula is C19H23N3O6S3. The minimum absolute atomic E-state index is 0.124. The summed E-state index contributed by atoms with van der Waals surface area (Å²) in [4.78, 5) is 44.1. The Balaban J connectivity index is 1.75. The third-order valence-electron chi connectivity index (χ3n) is 4.25. The zero-order valence-electron chi connectivity index (χ0n) is 17.4. The number of aryl methyl sites for hydroxylation is 1. The Morgan fingerprint density at radius 1 is 1.32 bits per heavy atom. The highest BCUT2D eigenvalue weighted by Crippen LogP contribution is 2.43. The lowest BCUT2D eigenvalue weighted by Crippen LogP contribution is -2.68. The van der Waals surface area contributed by atoms with Crippen LogP contribution in [0.15, 0.2) is 21.5 Å². The van der Waals surface area contributed by atoms with E-state index in [0.29, 0.717) is 10.7 Å². The lowest BCUT2D eigenvalue weighted by molar-refractivity contribution is -0.169. The number of nitrogens with two attached hydrogens (primary N) is 1. The molecule has 3 atom stereocenters. The van der Waals surface area contributed by atoms with Crippen LogP contribution in [-0.2, 0) is 23.8 Å². The number of ether oxygens (including phenoxy) is 3. The summed E-state index contributed by atoms with van der Waals surface area (Å²) in [5, 5.41) is 1.52. The first-order valence-electron chi connectivity index (χ1n) is 9.44. The van der Waals surface area contributed by atoms with Crippen LogP contribution < -0.4 is 5.73 Å². The zero-order chi connectivity index (χ0) is 22.7. The molecule has 31 heavy (non-hydrogen) atoms. The molecule has 1 amide bonds. The molecule has 12 heteroatoms. The smallest absolute Gasteiger partial charge is 0.431 e. The molecular weight excluding hydrogens is 462 g/mol. The number of esters is 1. The van der Waals surface area contributed by atoms with E-state index in [2.05, 4.69) is 4.98 Å². The molecule has 0 spiro atoms. The van der Waals surface area contributed by atoms with Crippen LogP contribution in [0.5, 0.6) is 0 Å². The molecule has 168 valence electrons. The van der Waals surface area contributed by atoms with Gasteiger partial charge in [0.15, 0.2) is 0 Å². The molecule has 2 aliphatic rings. The summed E-state index contributed by atoms with van der Waals surface area (Å²) in [5.74, 6) is -0.619. The van der Waals surface area contributed by atoms with Crippen molar-refractivity contribution in [1.82, 2.24) is 9.88 Å². The maximum Gasteiger partial charge on any atom is 0.511 e. The number of fused-ring (bicyclic) bond motifs is 1. The van der Waals surface area contributed by atoms with Crippen molar-refractivity contribution in [3.8, 4) is 0 Å². The van der Waals surface area contributed by atoms with E-state index < -0.39 is 24.5 Å². The topological polar surface area (TPSA) is 121 Å². The van der Waals surface area contributed by atoms with Gasteiger partial charge in [-0.25, -0.2) is 14.6 Å². The standard InChI is InChI=1S/C19H23N3O6S3/c1-9(2)26-19(25)28-11(4)27-18(24)15-13(7-30-17-14(20)16(23)22(15)17)29-6-5-12-10(3)21-8-31-12/h5-6,8-9,11,14,17H,7,20H2,1-4H3/b6-5-/t11?,14-,17-/m1/s1. The predicted octanol–water partition coefficient (Wildman–Crippen LogP) is 3.06. The molecule has 3 rings (SSSR count). The van der Waals surface area contributed by atoms with E-state index in [4.69, 9.17) is 19.9 Å². The van der Waals surface area contributed by atoms with Crippen LogP contribution in [0.2, 0.25) is 0 Å². The average Bonchev–Trinajstić information content (AvgIpc) is 3.10. The van der Waals surface area contributed by atoms with Crippen LogP contribution in [-0.4, -0.2) is 57.5 Å². The van der Waals surface area contributed by atoms with Gasteiger partial charge in [0, 0.05) is 17.6 Å². The van der Waals surface area contributed by atoms with Gasteiger partial charge in [0.25, 0.3) is 0 Å². The minimum Gasteiger partial charge on any atom is -0.431 e. The third-order valence-corrected chi connectivity index (χ3v) is 7.52. The van der Waals surface area contributed by atoms with Crippen molar-refractivity contribution in [2.45, 2.75) is 51.5 Å². The van der Waals surface area contributed by atoms with Gasteiger partial charge in [-0.15, -0.1) is 23.1 Å². The molecule has 0 bridgehead atoms. The Morgan fingerprint density at radius 3 is 2.71 bits per heavy atom. The van der Waals surface area contributed by atoms with Gasteiger partial charge in [0.1, 0.15) is 17.1 Å². The lowest BCUT2D eigenvalue weighted by Gasteiger charge is -2.48. The molecule has 2 N–H and O–H groups in total. The quantitative estimate of drug-likeness (QED) is 0.350. The second kappa shape index (κ2) is 10.1. The van der Waals surface area contributed by atoms with Crippen molar-refractivity contribution in [2.75, 3.05) is 5.75 Å². The van der Waals surface area contributed by atoms with E-state index in [1.807, 2.05) is 18.4 Å². The van der Waals surface area contributed by atoms with Gasteiger partial charge < -0.3 is 19.9 Å². The van der Waals surface area contributed by atoms with Crippen LogP contribution in [0, 0.1) is 6.92 Å². The predicted molar refractivity (Wildman–Crippen MR) is 120 cm³/mol. The Bertz CT molecular complexity index is 929. The molecule has 1 saturated heterocycles. The monoisotopic (exact) mass is 485 g/mol. The van der Waals surface area contributed by atoms with E-state index >= 15 is 0 Å². The SMILES string of the molecule is Cc1ncsc1/C=C\SC1=C(C(=O)OC(C)OC(=O)OC(C)C)N2C(=O)[C@@H](N)[C@H]2SC1. The number of nitrogens with zero attached hydrogens (tertiary/aromatic N) is 2. The number of β-lactam (4-membered cyclic amide) rings is 1. The summed E-state index contributed by atoms with van der Waals surface area (Å²) in [5.41, 5.74) is 8.68. The number of hydrogen-bond donors (Lipinski definition) is 1.